The van der Waals surface area contributed by atoms with Gasteiger partial charge in [-0.3, -0.25) is 4.99 Å². The molecule has 2 rings (SSSR count). The van der Waals surface area contributed by atoms with Crippen molar-refractivity contribution in [1.29, 1.82) is 0 Å². The van der Waals surface area contributed by atoms with Crippen LogP contribution in [0.3, 0.4) is 0 Å². The van der Waals surface area contributed by atoms with Gasteiger partial charge in [0, 0.05) is 12.8 Å². The van der Waals surface area contributed by atoms with E-state index in [4.69, 9.17) is 10.5 Å². The highest BCUT2D eigenvalue weighted by Crippen LogP contribution is 2.35. The van der Waals surface area contributed by atoms with Crippen LogP contribution in [-0.2, 0) is 17.6 Å². The number of nitrogens with zero attached hydrogens (tertiary/aromatic N) is 1. The number of nitrogens with two attached hydrogens (primary N) is 1. The quantitative estimate of drug-likeness (QED) is 0.421. The van der Waals surface area contributed by atoms with Crippen LogP contribution in [-0.4, -0.2) is 25.2 Å². The summed E-state index contributed by atoms with van der Waals surface area (Å²) >= 11 is 0. The number of anilines is 1. The van der Waals surface area contributed by atoms with E-state index in [1.54, 1.807) is 7.11 Å². The molecular weight excluding hydrogens is 389 g/mol. The fourth-order valence-corrected chi connectivity index (χ4v) is 2.80. The summed E-state index contributed by atoms with van der Waals surface area (Å²) in [7, 11) is 1.76. The van der Waals surface area contributed by atoms with Gasteiger partial charge < -0.3 is 15.8 Å². The Balaban J connectivity index is 0.00000242. The van der Waals surface area contributed by atoms with Crippen LogP contribution in [0.25, 0.3) is 0 Å². The lowest BCUT2D eigenvalue weighted by molar-refractivity contribution is -0.0629. The predicted molar refractivity (Wildman–Crippen MR) is 104 cm³/mol. The molecule has 1 aliphatic carbocycles. The van der Waals surface area contributed by atoms with Crippen molar-refractivity contribution in [2.45, 2.75) is 51.6 Å². The van der Waals surface area contributed by atoms with Gasteiger partial charge in [0.2, 0.25) is 0 Å². The van der Waals surface area contributed by atoms with Crippen molar-refractivity contribution in [3.8, 4) is 0 Å². The smallest absolute Gasteiger partial charge is 0.193 e. The zero-order valence-electron chi connectivity index (χ0n) is 13.8. The van der Waals surface area contributed by atoms with Crippen molar-refractivity contribution < 1.29 is 4.74 Å². The monoisotopic (exact) mass is 417 g/mol. The number of rotatable bonds is 6. The zero-order chi connectivity index (χ0) is 15.3. The minimum Gasteiger partial charge on any atom is -0.376 e. The van der Waals surface area contributed by atoms with Gasteiger partial charge in [-0.25, -0.2) is 0 Å². The van der Waals surface area contributed by atoms with Crippen LogP contribution in [0.5, 0.6) is 0 Å². The molecule has 0 saturated heterocycles. The van der Waals surface area contributed by atoms with Gasteiger partial charge in [-0.15, -0.1) is 24.0 Å². The Morgan fingerprint density at radius 1 is 1.27 bits per heavy atom. The second kappa shape index (κ2) is 8.72. The van der Waals surface area contributed by atoms with Crippen LogP contribution in [0.4, 0.5) is 5.69 Å². The summed E-state index contributed by atoms with van der Waals surface area (Å²) in [4.78, 5) is 4.49. The van der Waals surface area contributed by atoms with E-state index in [0.717, 1.165) is 31.4 Å². The largest absolute Gasteiger partial charge is 0.376 e. The van der Waals surface area contributed by atoms with Gasteiger partial charge in [0.1, 0.15) is 0 Å². The number of aliphatic imine (C=N–C) groups is 1. The number of nitrogens with one attached hydrogen (secondary N) is 1. The fourth-order valence-electron chi connectivity index (χ4n) is 2.80. The van der Waals surface area contributed by atoms with E-state index < -0.39 is 0 Å². The molecule has 124 valence electrons. The fraction of sp³-hybridized carbons (Fsp3) is 0.588. The Morgan fingerprint density at radius 2 is 1.86 bits per heavy atom. The molecule has 0 heterocycles. The summed E-state index contributed by atoms with van der Waals surface area (Å²) in [5, 5.41) is 3.30. The van der Waals surface area contributed by atoms with Crippen LogP contribution in [0.2, 0.25) is 0 Å². The van der Waals surface area contributed by atoms with Crippen LogP contribution in [0.15, 0.2) is 23.2 Å². The summed E-state index contributed by atoms with van der Waals surface area (Å²) in [6.45, 7) is 4.95. The number of guanidine groups is 1. The number of benzene rings is 1. The molecule has 4 nitrogen and oxygen atoms in total. The van der Waals surface area contributed by atoms with Crippen molar-refractivity contribution >= 4 is 35.6 Å². The molecule has 0 amide bonds. The molecule has 5 heteroatoms. The molecular formula is C17H28IN3O. The lowest BCUT2D eigenvalue weighted by Gasteiger charge is -2.39. The van der Waals surface area contributed by atoms with Crippen molar-refractivity contribution in [3.63, 3.8) is 0 Å². The van der Waals surface area contributed by atoms with E-state index in [1.165, 1.54) is 17.5 Å². The molecule has 0 radical (unpaired) electrons. The summed E-state index contributed by atoms with van der Waals surface area (Å²) in [5.41, 5.74) is 9.66. The van der Waals surface area contributed by atoms with Crippen LogP contribution in [0.1, 0.15) is 44.2 Å². The first kappa shape index (κ1) is 19.2. The number of ether oxygens (including phenoxy) is 1. The average Bonchev–Trinajstić information content (AvgIpc) is 2.46. The van der Waals surface area contributed by atoms with Crippen LogP contribution < -0.4 is 11.1 Å². The van der Waals surface area contributed by atoms with E-state index in [0.29, 0.717) is 12.5 Å². The first-order chi connectivity index (χ1) is 10.1. The molecule has 1 aromatic carbocycles. The number of aryl methyl sites for hydroxylation is 2. The summed E-state index contributed by atoms with van der Waals surface area (Å²) in [6, 6.07) is 6.37. The second-order valence-corrected chi connectivity index (χ2v) is 5.73. The van der Waals surface area contributed by atoms with Crippen LogP contribution in [0, 0.1) is 0 Å². The average molecular weight is 417 g/mol. The number of hydrogen-bond acceptors (Lipinski definition) is 2. The van der Waals surface area contributed by atoms with Crippen LogP contribution >= 0.6 is 24.0 Å². The van der Waals surface area contributed by atoms with Crippen molar-refractivity contribution in [1.82, 2.24) is 0 Å². The van der Waals surface area contributed by atoms with Crippen molar-refractivity contribution in [2.75, 3.05) is 19.0 Å². The van der Waals surface area contributed by atoms with Crippen molar-refractivity contribution in [3.05, 3.63) is 29.3 Å². The Morgan fingerprint density at radius 3 is 2.27 bits per heavy atom. The number of methoxy groups -OCH3 is 1. The standard InChI is InChI=1S/C17H27N3O.HI/c1-4-13-8-6-9-14(5-2)15(13)20-16(18)19-12-17(21-3)10-7-11-17;/h6,8-9H,4-5,7,10-12H2,1-3H3,(H3,18,19,20);1H. The highest BCUT2D eigenvalue weighted by Gasteiger charge is 2.36. The van der Waals surface area contributed by atoms with Gasteiger partial charge in [-0.2, -0.15) is 0 Å². The van der Waals surface area contributed by atoms with E-state index in [9.17, 15) is 0 Å². The molecule has 1 aromatic rings. The molecule has 0 aliphatic heterocycles. The van der Waals surface area contributed by atoms with Crippen molar-refractivity contribution in [2.24, 2.45) is 10.7 Å². The van der Waals surface area contributed by atoms with Gasteiger partial charge in [0.05, 0.1) is 12.1 Å². The topological polar surface area (TPSA) is 59.6 Å². The summed E-state index contributed by atoms with van der Waals surface area (Å²) in [6.07, 6.45) is 5.32. The third kappa shape index (κ3) is 4.35. The lowest BCUT2D eigenvalue weighted by atomic mass is 9.80. The van der Waals surface area contributed by atoms with Gasteiger partial charge >= 0.3 is 0 Å². The third-order valence-corrected chi connectivity index (χ3v) is 4.49. The molecule has 0 aromatic heterocycles. The number of halogens is 1. The zero-order valence-corrected chi connectivity index (χ0v) is 16.1. The Kier molecular flexibility index (Phi) is 7.62. The van der Waals surface area contributed by atoms with E-state index in [1.807, 2.05) is 0 Å². The first-order valence-electron chi connectivity index (χ1n) is 7.87. The highest BCUT2D eigenvalue weighted by molar-refractivity contribution is 14.0. The normalized spacial score (nSPS) is 16.6. The SMILES string of the molecule is CCc1cccc(CC)c1NC(N)=NCC1(OC)CCC1.I. The molecule has 0 atom stereocenters. The molecule has 0 bridgehead atoms. The maximum Gasteiger partial charge on any atom is 0.193 e. The number of hydrogen-bond donors (Lipinski definition) is 2. The van der Waals surface area contributed by atoms with Gasteiger partial charge in [0.15, 0.2) is 5.96 Å². The molecule has 0 unspecified atom stereocenters. The Hall–Kier alpha value is -0.820. The van der Waals surface area contributed by atoms with Gasteiger partial charge in [-0.1, -0.05) is 32.0 Å². The molecule has 22 heavy (non-hydrogen) atoms. The summed E-state index contributed by atoms with van der Waals surface area (Å²) in [5.74, 6) is 0.480. The molecule has 0 spiro atoms. The second-order valence-electron chi connectivity index (χ2n) is 5.73. The third-order valence-electron chi connectivity index (χ3n) is 4.49. The maximum absolute atomic E-state index is 6.08. The lowest BCUT2D eigenvalue weighted by Crippen LogP contribution is -2.43. The van der Waals surface area contributed by atoms with E-state index in [-0.39, 0.29) is 29.6 Å². The predicted octanol–water partition coefficient (Wildman–Crippen LogP) is 3.73. The van der Waals surface area contributed by atoms with E-state index in [2.05, 4.69) is 42.4 Å². The maximum atomic E-state index is 6.08. The highest BCUT2D eigenvalue weighted by atomic mass is 127. The first-order valence-corrected chi connectivity index (χ1v) is 7.87. The molecule has 3 N–H and O–H groups in total. The van der Waals surface area contributed by atoms with E-state index >= 15 is 0 Å². The Labute approximate surface area is 150 Å². The molecule has 1 aliphatic rings. The number of para-hydroxylation sites is 1. The Bertz CT molecular complexity index is 485. The minimum atomic E-state index is -0.0792. The van der Waals surface area contributed by atoms with Gasteiger partial charge in [0.25, 0.3) is 0 Å². The van der Waals surface area contributed by atoms with Gasteiger partial charge in [-0.05, 0) is 43.2 Å². The minimum absolute atomic E-state index is 0. The molecule has 1 saturated carbocycles. The molecule has 1 fully saturated rings. The summed E-state index contributed by atoms with van der Waals surface area (Å²) < 4.78 is 5.57.